The minimum Gasteiger partial charge on any atom is -0.391 e. The van der Waals surface area contributed by atoms with E-state index >= 15 is 0 Å². The molecule has 1 saturated carbocycles. The van der Waals surface area contributed by atoms with Crippen molar-refractivity contribution in [2.24, 2.45) is 41.4 Å². The first kappa shape index (κ1) is 43.7. The second-order valence-electron chi connectivity index (χ2n) is 16.0. The molecule has 4 N–H and O–H groups in total. The molecule has 2 unspecified atom stereocenters. The van der Waals surface area contributed by atoms with Crippen molar-refractivity contribution in [3.05, 3.63) is 83.6 Å². The molecule has 0 bridgehead atoms. The van der Waals surface area contributed by atoms with Crippen molar-refractivity contribution in [3.8, 4) is 0 Å². The van der Waals surface area contributed by atoms with Gasteiger partial charge in [0.05, 0.1) is 29.6 Å². The van der Waals surface area contributed by atoms with E-state index in [2.05, 4.69) is 58.9 Å². The van der Waals surface area contributed by atoms with Gasteiger partial charge in [0.1, 0.15) is 12.2 Å². The molecule has 0 radical (unpaired) electrons. The zero-order valence-electron chi connectivity index (χ0n) is 32.3. The van der Waals surface area contributed by atoms with Gasteiger partial charge in [-0.1, -0.05) is 113 Å². The van der Waals surface area contributed by atoms with Crippen LogP contribution in [-0.4, -0.2) is 100 Å². The third kappa shape index (κ3) is 11.9. The second kappa shape index (κ2) is 19.6. The van der Waals surface area contributed by atoms with E-state index in [0.29, 0.717) is 23.0 Å². The summed E-state index contributed by atoms with van der Waals surface area (Å²) >= 11 is 0. The van der Waals surface area contributed by atoms with Gasteiger partial charge in [0.2, 0.25) is 0 Å². The normalized spacial score (nSPS) is 32.4. The number of carbonyl (C=O) groups is 2. The van der Waals surface area contributed by atoms with E-state index < -0.39 is 75.4 Å². The monoisotopic (exact) mass is 741 g/mol. The lowest BCUT2D eigenvalue weighted by Crippen LogP contribution is -2.63. The maximum absolute atomic E-state index is 13.7. The number of rotatable bonds is 14. The Morgan fingerprint density at radius 1 is 0.808 bits per heavy atom. The minimum atomic E-state index is -3.74. The first-order chi connectivity index (χ1) is 24.3. The summed E-state index contributed by atoms with van der Waals surface area (Å²) in [7, 11) is -3.74. The Bertz CT molecular complexity index is 1560. The van der Waals surface area contributed by atoms with Gasteiger partial charge in [0.15, 0.2) is 21.4 Å². The average molecular weight is 742 g/mol. The van der Waals surface area contributed by atoms with Gasteiger partial charge in [-0.2, -0.15) is 0 Å². The highest BCUT2D eigenvalue weighted by molar-refractivity contribution is 7.91. The largest absolute Gasteiger partial charge is 0.391 e. The molecule has 2 aliphatic carbocycles. The molecule has 0 aromatic rings. The lowest BCUT2D eigenvalue weighted by atomic mass is 9.70. The van der Waals surface area contributed by atoms with Crippen molar-refractivity contribution in [1.29, 1.82) is 0 Å². The van der Waals surface area contributed by atoms with Gasteiger partial charge in [-0.25, -0.2) is 8.42 Å². The Balaban J connectivity index is 1.86. The highest BCUT2D eigenvalue weighted by atomic mass is 32.2. The maximum Gasteiger partial charge on any atom is 0.189 e. The second-order valence-corrected chi connectivity index (χ2v) is 18.2. The standard InChI is InChI=1S/C42H63NO8S/c1-26(2)13-9-15-28(5)17-11-19-30(7)35-34(44)23-32(38(45)41(35)48)24-43-21-22-52(50,51)25-33-37(43)40(47)36(42(49)39(33)46)31(8)20-12-18-29(6)16-10-14-27(3)4/h9-12,15-20,23,26-29,33-37,40-42,44,47-49H,13-14,21-22,24-25H2,1-8H3/b15-9-,16-10+,17-11+,18-12+,30-19+,31-20+/t28?,29?,33-,34-,35-,36-,37-,40+,41+,42+/m0/s1. The van der Waals surface area contributed by atoms with Crippen LogP contribution in [0.2, 0.25) is 0 Å². The zero-order chi connectivity index (χ0) is 38.9. The molecule has 3 rings (SSSR count). The van der Waals surface area contributed by atoms with Crippen LogP contribution in [-0.2, 0) is 19.4 Å². The van der Waals surface area contributed by atoms with Gasteiger partial charge in [-0.3, -0.25) is 14.5 Å². The van der Waals surface area contributed by atoms with E-state index in [-0.39, 0.29) is 36.3 Å². The Kier molecular flexibility index (Phi) is 16.4. The first-order valence-electron chi connectivity index (χ1n) is 18.8. The van der Waals surface area contributed by atoms with Crippen molar-refractivity contribution < 1.29 is 38.4 Å². The van der Waals surface area contributed by atoms with Crippen LogP contribution in [0, 0.1) is 41.4 Å². The topological polar surface area (TPSA) is 152 Å². The molecular formula is C42H63NO8S. The van der Waals surface area contributed by atoms with Crippen molar-refractivity contribution in [1.82, 2.24) is 4.90 Å². The molecule has 1 saturated heterocycles. The highest BCUT2D eigenvalue weighted by Gasteiger charge is 2.54. The quantitative estimate of drug-likeness (QED) is 0.143. The molecule has 0 amide bonds. The molecule has 10 heteroatoms. The molecule has 2 fully saturated rings. The van der Waals surface area contributed by atoms with Crippen molar-refractivity contribution in [2.75, 3.05) is 24.6 Å². The van der Waals surface area contributed by atoms with Gasteiger partial charge in [0.25, 0.3) is 0 Å². The number of fused-ring (bicyclic) bond motifs is 1. The number of ketones is 2. The summed E-state index contributed by atoms with van der Waals surface area (Å²) < 4.78 is 26.0. The van der Waals surface area contributed by atoms with Crippen LogP contribution >= 0.6 is 0 Å². The lowest BCUT2D eigenvalue weighted by Gasteiger charge is -2.46. The molecular weight excluding hydrogens is 679 g/mol. The fourth-order valence-electron chi connectivity index (χ4n) is 7.36. The molecule has 3 aliphatic rings. The van der Waals surface area contributed by atoms with Gasteiger partial charge in [-0.15, -0.1) is 0 Å². The summed E-state index contributed by atoms with van der Waals surface area (Å²) in [5.74, 6) is -3.75. The Morgan fingerprint density at radius 3 is 1.85 bits per heavy atom. The Labute approximate surface area is 312 Å². The predicted molar refractivity (Wildman–Crippen MR) is 208 cm³/mol. The maximum atomic E-state index is 13.7. The van der Waals surface area contributed by atoms with E-state index in [4.69, 9.17) is 0 Å². The number of allylic oxidation sites excluding steroid dienone is 10. The summed E-state index contributed by atoms with van der Waals surface area (Å²) in [6.07, 6.45) is 17.3. The van der Waals surface area contributed by atoms with Gasteiger partial charge < -0.3 is 20.4 Å². The van der Waals surface area contributed by atoms with Crippen molar-refractivity contribution in [3.63, 3.8) is 0 Å². The Hall–Kier alpha value is -2.73. The van der Waals surface area contributed by atoms with Crippen LogP contribution in [0.15, 0.2) is 83.6 Å². The lowest BCUT2D eigenvalue weighted by molar-refractivity contribution is -0.150. The summed E-state index contributed by atoms with van der Waals surface area (Å²) in [6, 6.07) is -1.02. The third-order valence-corrected chi connectivity index (χ3v) is 12.1. The van der Waals surface area contributed by atoms with Crippen LogP contribution in [0.5, 0.6) is 0 Å². The molecule has 9 nitrogen and oxygen atoms in total. The van der Waals surface area contributed by atoms with E-state index in [1.165, 1.54) is 6.08 Å². The third-order valence-electron chi connectivity index (χ3n) is 10.4. The summed E-state index contributed by atoms with van der Waals surface area (Å²) in [5.41, 5.74) is 1.27. The number of hydrogen-bond acceptors (Lipinski definition) is 9. The van der Waals surface area contributed by atoms with Crippen LogP contribution in [0.25, 0.3) is 0 Å². The smallest absolute Gasteiger partial charge is 0.189 e. The zero-order valence-corrected chi connectivity index (χ0v) is 33.1. The summed E-state index contributed by atoms with van der Waals surface area (Å²) in [6.45, 7) is 15.9. The fourth-order valence-corrected chi connectivity index (χ4v) is 8.95. The fraction of sp³-hybridized carbons (Fsp3) is 0.619. The predicted octanol–water partition coefficient (Wildman–Crippen LogP) is 4.95. The molecule has 1 heterocycles. The van der Waals surface area contributed by atoms with Gasteiger partial charge in [-0.05, 0) is 56.4 Å². The number of nitrogens with zero attached hydrogens (tertiary/aromatic N) is 1. The minimum absolute atomic E-state index is 0.0761. The molecule has 10 atom stereocenters. The molecule has 1 aliphatic heterocycles. The average Bonchev–Trinajstić information content (AvgIpc) is 3.17. The number of aliphatic hydroxyl groups is 4. The van der Waals surface area contributed by atoms with Crippen molar-refractivity contribution >= 4 is 21.4 Å². The van der Waals surface area contributed by atoms with Crippen molar-refractivity contribution in [2.45, 2.75) is 98.7 Å². The van der Waals surface area contributed by atoms with Crippen LogP contribution < -0.4 is 0 Å². The molecule has 0 spiro atoms. The van der Waals surface area contributed by atoms with Gasteiger partial charge in [0, 0.05) is 36.5 Å². The van der Waals surface area contributed by atoms with Crippen LogP contribution in [0.1, 0.15) is 68.2 Å². The Morgan fingerprint density at radius 2 is 1.33 bits per heavy atom. The van der Waals surface area contributed by atoms with E-state index in [9.17, 15) is 38.4 Å². The van der Waals surface area contributed by atoms with E-state index in [0.717, 1.165) is 12.8 Å². The van der Waals surface area contributed by atoms with Crippen LogP contribution in [0.4, 0.5) is 0 Å². The van der Waals surface area contributed by atoms with E-state index in [1.54, 1.807) is 30.9 Å². The van der Waals surface area contributed by atoms with Crippen LogP contribution in [0.3, 0.4) is 0 Å². The summed E-state index contributed by atoms with van der Waals surface area (Å²) in [5, 5.41) is 45.3. The first-order valence-corrected chi connectivity index (χ1v) is 20.6. The molecule has 0 aromatic carbocycles. The molecule has 0 aromatic heterocycles. The molecule has 290 valence electrons. The van der Waals surface area contributed by atoms with E-state index in [1.807, 2.05) is 31.2 Å². The number of sulfone groups is 1. The number of aliphatic hydroxyl groups excluding tert-OH is 4. The SMILES string of the molecule is C/C(=C\C=C\C(C)/C=C/CC(C)C)[C@H]1[C@@H](O)[C@@H]2[C@H](CS(=O)(=O)CCN2CC2=C[C@H](O)[C@H](/C(C)=C/C=C/C(C)/C=C\CC(C)C)[C@@H](O)C2=O)C(=O)[C@@H]1O. The highest BCUT2D eigenvalue weighted by Crippen LogP contribution is 2.38. The number of Topliss-reactive ketones (excluding diaryl/α,β-unsaturated/α-hetero) is 2. The number of hydrogen-bond donors (Lipinski definition) is 4. The van der Waals surface area contributed by atoms with Gasteiger partial charge >= 0.3 is 0 Å². The summed E-state index contributed by atoms with van der Waals surface area (Å²) in [4.78, 5) is 28.9. The number of carbonyl (C=O) groups excluding carboxylic acids is 2. The molecule has 52 heavy (non-hydrogen) atoms.